The van der Waals surface area contributed by atoms with E-state index >= 15 is 0 Å². The molecule has 1 aliphatic rings. The fourth-order valence-corrected chi connectivity index (χ4v) is 3.64. The SMILES string of the molecule is N#Cc1ccc(NC(=O)COC(=O)C2CCN(C(=O)c3cccs3)CC2)cc1. The van der Waals surface area contributed by atoms with Crippen LogP contribution in [0.4, 0.5) is 5.69 Å². The highest BCUT2D eigenvalue weighted by atomic mass is 32.1. The second-order valence-electron chi connectivity index (χ2n) is 6.39. The number of esters is 1. The zero-order valence-corrected chi connectivity index (χ0v) is 15.9. The molecule has 1 saturated heterocycles. The minimum atomic E-state index is -0.441. The molecule has 2 amide bonds. The van der Waals surface area contributed by atoms with E-state index < -0.39 is 11.9 Å². The van der Waals surface area contributed by atoms with Crippen molar-refractivity contribution in [2.24, 2.45) is 5.92 Å². The molecule has 1 aromatic carbocycles. The van der Waals surface area contributed by atoms with Crippen LogP contribution in [-0.2, 0) is 14.3 Å². The molecule has 7 nitrogen and oxygen atoms in total. The smallest absolute Gasteiger partial charge is 0.309 e. The Kier molecular flexibility index (Phi) is 6.40. The van der Waals surface area contributed by atoms with Gasteiger partial charge >= 0.3 is 5.97 Å². The maximum Gasteiger partial charge on any atom is 0.309 e. The average Bonchev–Trinajstić information content (AvgIpc) is 3.27. The highest BCUT2D eigenvalue weighted by molar-refractivity contribution is 7.12. The number of benzene rings is 1. The van der Waals surface area contributed by atoms with Gasteiger partial charge in [0.05, 0.1) is 22.4 Å². The van der Waals surface area contributed by atoms with Gasteiger partial charge in [-0.1, -0.05) is 6.07 Å². The largest absolute Gasteiger partial charge is 0.455 e. The third-order valence-corrected chi connectivity index (χ3v) is 5.35. The topological polar surface area (TPSA) is 99.5 Å². The molecule has 144 valence electrons. The van der Waals surface area contributed by atoms with Crippen LogP contribution in [0.15, 0.2) is 41.8 Å². The summed E-state index contributed by atoms with van der Waals surface area (Å²) in [6.07, 6.45) is 1.04. The van der Waals surface area contributed by atoms with Crippen LogP contribution in [0.3, 0.4) is 0 Å². The fourth-order valence-electron chi connectivity index (χ4n) is 2.95. The molecular formula is C20H19N3O4S. The number of anilines is 1. The summed E-state index contributed by atoms with van der Waals surface area (Å²) >= 11 is 1.40. The van der Waals surface area contributed by atoms with Crippen molar-refractivity contribution in [3.05, 3.63) is 52.2 Å². The Labute approximate surface area is 166 Å². The lowest BCUT2D eigenvalue weighted by molar-refractivity contribution is -0.152. The van der Waals surface area contributed by atoms with E-state index in [2.05, 4.69) is 5.32 Å². The van der Waals surface area contributed by atoms with E-state index in [9.17, 15) is 14.4 Å². The van der Waals surface area contributed by atoms with Gasteiger partial charge in [-0.15, -0.1) is 11.3 Å². The Bertz CT molecular complexity index is 879. The van der Waals surface area contributed by atoms with Crippen LogP contribution in [-0.4, -0.2) is 42.4 Å². The summed E-state index contributed by atoms with van der Waals surface area (Å²) in [5, 5.41) is 13.2. The van der Waals surface area contributed by atoms with Crippen molar-refractivity contribution in [2.45, 2.75) is 12.8 Å². The third kappa shape index (κ3) is 4.96. The van der Waals surface area contributed by atoms with Gasteiger partial charge in [-0.05, 0) is 48.6 Å². The minimum Gasteiger partial charge on any atom is -0.455 e. The van der Waals surface area contributed by atoms with Crippen molar-refractivity contribution in [1.29, 1.82) is 5.26 Å². The van der Waals surface area contributed by atoms with Crippen molar-refractivity contribution in [1.82, 2.24) is 4.90 Å². The maximum atomic E-state index is 12.3. The van der Waals surface area contributed by atoms with Gasteiger partial charge in [0, 0.05) is 18.8 Å². The van der Waals surface area contributed by atoms with E-state index in [1.54, 1.807) is 35.2 Å². The molecule has 1 aromatic heterocycles. The van der Waals surface area contributed by atoms with Crippen LogP contribution in [0.1, 0.15) is 28.1 Å². The van der Waals surface area contributed by atoms with Crippen LogP contribution in [0.25, 0.3) is 0 Å². The maximum absolute atomic E-state index is 12.3. The van der Waals surface area contributed by atoms with Gasteiger partial charge in [-0.25, -0.2) is 0 Å². The van der Waals surface area contributed by atoms with Gasteiger partial charge in [0.1, 0.15) is 0 Å². The van der Waals surface area contributed by atoms with Crippen molar-refractivity contribution in [2.75, 3.05) is 25.0 Å². The number of nitriles is 1. The van der Waals surface area contributed by atoms with E-state index in [1.165, 1.54) is 11.3 Å². The summed E-state index contributed by atoms with van der Waals surface area (Å²) < 4.78 is 5.12. The summed E-state index contributed by atoms with van der Waals surface area (Å²) in [6, 6.07) is 12.0. The number of carbonyl (C=O) groups is 3. The number of likely N-dealkylation sites (tertiary alicyclic amines) is 1. The molecule has 1 aliphatic heterocycles. The van der Waals surface area contributed by atoms with Crippen molar-refractivity contribution < 1.29 is 19.1 Å². The third-order valence-electron chi connectivity index (χ3n) is 4.49. The molecule has 0 spiro atoms. The second kappa shape index (κ2) is 9.15. The van der Waals surface area contributed by atoms with Crippen molar-refractivity contribution >= 4 is 34.8 Å². The number of ether oxygens (including phenoxy) is 1. The lowest BCUT2D eigenvalue weighted by atomic mass is 9.97. The molecule has 0 aliphatic carbocycles. The molecule has 8 heteroatoms. The zero-order valence-electron chi connectivity index (χ0n) is 15.1. The molecule has 1 N–H and O–H groups in total. The van der Waals surface area contributed by atoms with E-state index in [0.717, 1.165) is 0 Å². The number of amides is 2. The molecule has 2 aromatic rings. The number of nitrogens with one attached hydrogen (secondary N) is 1. The van der Waals surface area contributed by atoms with Gasteiger partial charge in [0.15, 0.2) is 6.61 Å². The second-order valence-corrected chi connectivity index (χ2v) is 7.34. The highest BCUT2D eigenvalue weighted by Crippen LogP contribution is 2.21. The standard InChI is InChI=1S/C20H19N3O4S/c21-12-14-3-5-16(6-4-14)22-18(24)13-27-20(26)15-7-9-23(10-8-15)19(25)17-2-1-11-28-17/h1-6,11,15H,7-10,13H2,(H,22,24). The quantitative estimate of drug-likeness (QED) is 0.782. The van der Waals surface area contributed by atoms with Crippen LogP contribution >= 0.6 is 11.3 Å². The van der Waals surface area contributed by atoms with Crippen molar-refractivity contribution in [3.63, 3.8) is 0 Å². The molecule has 1 fully saturated rings. The van der Waals surface area contributed by atoms with E-state index in [-0.39, 0.29) is 18.4 Å². The number of nitrogens with zero attached hydrogens (tertiary/aromatic N) is 2. The minimum absolute atomic E-state index is 0.0105. The predicted octanol–water partition coefficient (Wildman–Crippen LogP) is 2.65. The first kappa shape index (κ1) is 19.6. The van der Waals surface area contributed by atoms with E-state index in [0.29, 0.717) is 42.1 Å². The Morgan fingerprint density at radius 3 is 2.50 bits per heavy atom. The van der Waals surface area contributed by atoms with Gasteiger partial charge in [-0.2, -0.15) is 5.26 Å². The van der Waals surface area contributed by atoms with Crippen LogP contribution < -0.4 is 5.32 Å². The average molecular weight is 397 g/mol. The van der Waals surface area contributed by atoms with E-state index in [1.807, 2.05) is 17.5 Å². The first-order valence-electron chi connectivity index (χ1n) is 8.86. The highest BCUT2D eigenvalue weighted by Gasteiger charge is 2.29. The van der Waals surface area contributed by atoms with Crippen LogP contribution in [0.5, 0.6) is 0 Å². The number of hydrogen-bond donors (Lipinski definition) is 1. The summed E-state index contributed by atoms with van der Waals surface area (Å²) in [4.78, 5) is 38.9. The number of thiophene rings is 1. The molecular weight excluding hydrogens is 378 g/mol. The predicted molar refractivity (Wildman–Crippen MR) is 104 cm³/mol. The fraction of sp³-hybridized carbons (Fsp3) is 0.300. The van der Waals surface area contributed by atoms with Crippen LogP contribution in [0.2, 0.25) is 0 Å². The van der Waals surface area contributed by atoms with Crippen LogP contribution in [0, 0.1) is 17.2 Å². The molecule has 3 rings (SSSR count). The monoisotopic (exact) mass is 397 g/mol. The molecule has 28 heavy (non-hydrogen) atoms. The molecule has 0 unspecified atom stereocenters. The summed E-state index contributed by atoms with van der Waals surface area (Å²) in [6.45, 7) is 0.620. The normalized spacial score (nSPS) is 14.2. The van der Waals surface area contributed by atoms with Crippen molar-refractivity contribution in [3.8, 4) is 6.07 Å². The first-order chi connectivity index (χ1) is 13.6. The summed E-state index contributed by atoms with van der Waals surface area (Å²) in [7, 11) is 0. The number of hydrogen-bond acceptors (Lipinski definition) is 6. The number of rotatable bonds is 5. The lowest BCUT2D eigenvalue weighted by Crippen LogP contribution is -2.40. The molecule has 0 atom stereocenters. The van der Waals surface area contributed by atoms with Gasteiger partial charge < -0.3 is 15.0 Å². The lowest BCUT2D eigenvalue weighted by Gasteiger charge is -2.30. The Morgan fingerprint density at radius 1 is 1.18 bits per heavy atom. The van der Waals surface area contributed by atoms with E-state index in [4.69, 9.17) is 10.00 Å². The zero-order chi connectivity index (χ0) is 19.9. The first-order valence-corrected chi connectivity index (χ1v) is 9.74. The summed E-state index contributed by atoms with van der Waals surface area (Å²) in [5.74, 6) is -1.18. The molecule has 0 saturated carbocycles. The summed E-state index contributed by atoms with van der Waals surface area (Å²) in [5.41, 5.74) is 1.02. The van der Waals surface area contributed by atoms with Gasteiger partial charge in [0.2, 0.25) is 0 Å². The molecule has 2 heterocycles. The van der Waals surface area contributed by atoms with Gasteiger partial charge in [0.25, 0.3) is 11.8 Å². The number of carbonyl (C=O) groups excluding carboxylic acids is 3. The Hall–Kier alpha value is -3.18. The van der Waals surface area contributed by atoms with Gasteiger partial charge in [-0.3, -0.25) is 14.4 Å². The molecule has 0 bridgehead atoms. The number of piperidine rings is 1. The Morgan fingerprint density at radius 2 is 1.89 bits per heavy atom. The Balaban J connectivity index is 1.41. The molecule has 0 radical (unpaired) electrons.